The molecule has 3 N–H and O–H groups in total. The van der Waals surface area contributed by atoms with E-state index in [1.165, 1.54) is 12.8 Å². The average Bonchev–Trinajstić information content (AvgIpc) is 2.71. The molecule has 1 unspecified atom stereocenters. The monoisotopic (exact) mass is 172 g/mol. The highest BCUT2D eigenvalue weighted by atomic mass is 16.5. The van der Waals surface area contributed by atoms with Crippen LogP contribution in [0.1, 0.15) is 33.6 Å². The summed E-state index contributed by atoms with van der Waals surface area (Å²) in [4.78, 5) is 0. The van der Waals surface area contributed by atoms with Crippen LogP contribution in [0.25, 0.3) is 0 Å². The molecule has 72 valence electrons. The van der Waals surface area contributed by atoms with Gasteiger partial charge >= 0.3 is 0 Å². The highest BCUT2D eigenvalue weighted by Gasteiger charge is 2.41. The maximum atomic E-state index is 5.64. The first-order valence-electron chi connectivity index (χ1n) is 4.72. The first-order chi connectivity index (χ1) is 5.61. The summed E-state index contributed by atoms with van der Waals surface area (Å²) in [6.07, 6.45) is 2.57. The highest BCUT2D eigenvalue weighted by molar-refractivity contribution is 4.95. The van der Waals surface area contributed by atoms with Gasteiger partial charge in [-0.3, -0.25) is 11.3 Å². The third-order valence-corrected chi connectivity index (χ3v) is 2.54. The largest absolute Gasteiger partial charge is 0.374 e. The molecule has 0 aromatic carbocycles. The van der Waals surface area contributed by atoms with Gasteiger partial charge in [-0.25, -0.2) is 0 Å². The predicted molar refractivity (Wildman–Crippen MR) is 49.5 cm³/mol. The third kappa shape index (κ3) is 2.19. The van der Waals surface area contributed by atoms with Gasteiger partial charge in [-0.1, -0.05) is 0 Å². The van der Waals surface area contributed by atoms with Gasteiger partial charge in [0.1, 0.15) is 0 Å². The highest BCUT2D eigenvalue weighted by Crippen LogP contribution is 2.37. The average molecular weight is 172 g/mol. The summed E-state index contributed by atoms with van der Waals surface area (Å²) < 4.78 is 5.64. The minimum Gasteiger partial charge on any atom is -0.374 e. The van der Waals surface area contributed by atoms with E-state index in [0.717, 1.165) is 12.5 Å². The molecule has 0 bridgehead atoms. The van der Waals surface area contributed by atoms with Crippen molar-refractivity contribution in [3.05, 3.63) is 0 Å². The Bertz CT molecular complexity index is 143. The molecule has 1 aliphatic carbocycles. The van der Waals surface area contributed by atoms with Gasteiger partial charge in [0.2, 0.25) is 0 Å². The van der Waals surface area contributed by atoms with Crippen LogP contribution < -0.4 is 11.3 Å². The molecule has 1 atom stereocenters. The topological polar surface area (TPSA) is 47.3 Å². The molecule has 0 aromatic heterocycles. The van der Waals surface area contributed by atoms with Gasteiger partial charge in [0.25, 0.3) is 0 Å². The molecule has 12 heavy (non-hydrogen) atoms. The number of nitrogens with two attached hydrogens (primary N) is 1. The van der Waals surface area contributed by atoms with E-state index in [9.17, 15) is 0 Å². The zero-order valence-corrected chi connectivity index (χ0v) is 8.26. The van der Waals surface area contributed by atoms with Crippen molar-refractivity contribution in [3.8, 4) is 0 Å². The van der Waals surface area contributed by atoms with Crippen LogP contribution in [0, 0.1) is 5.92 Å². The second kappa shape index (κ2) is 3.73. The Labute approximate surface area is 74.6 Å². The van der Waals surface area contributed by atoms with Crippen LogP contribution in [-0.4, -0.2) is 18.2 Å². The fourth-order valence-corrected chi connectivity index (χ4v) is 1.80. The van der Waals surface area contributed by atoms with Crippen LogP contribution in [-0.2, 0) is 4.74 Å². The Kier molecular flexibility index (Phi) is 3.09. The first kappa shape index (κ1) is 9.96. The number of ether oxygens (including phenoxy) is 1. The normalized spacial score (nSPS) is 21.0. The minimum atomic E-state index is -0.134. The van der Waals surface area contributed by atoms with E-state index in [-0.39, 0.29) is 5.60 Å². The van der Waals surface area contributed by atoms with Crippen LogP contribution in [0.2, 0.25) is 0 Å². The molecule has 3 heteroatoms. The second-order valence-corrected chi connectivity index (χ2v) is 4.02. The van der Waals surface area contributed by atoms with Gasteiger partial charge in [-0.15, -0.1) is 0 Å². The lowest BCUT2D eigenvalue weighted by molar-refractivity contribution is -0.0436. The molecule has 0 aliphatic heterocycles. The van der Waals surface area contributed by atoms with Crippen molar-refractivity contribution >= 4 is 0 Å². The van der Waals surface area contributed by atoms with Crippen molar-refractivity contribution in [1.29, 1.82) is 0 Å². The molecule has 0 radical (unpaired) electrons. The van der Waals surface area contributed by atoms with E-state index < -0.39 is 0 Å². The molecule has 3 nitrogen and oxygen atoms in total. The summed E-state index contributed by atoms with van der Waals surface area (Å²) in [6.45, 7) is 6.96. The standard InChI is InChI=1S/C9H20N2O/c1-4-12-9(2,3)8(11-10)7-5-6-7/h7-8,11H,4-6,10H2,1-3H3. The van der Waals surface area contributed by atoms with Gasteiger partial charge in [-0.05, 0) is 39.5 Å². The summed E-state index contributed by atoms with van der Waals surface area (Å²) in [5, 5.41) is 0. The SMILES string of the molecule is CCOC(C)(C)C(NN)C1CC1. The van der Waals surface area contributed by atoms with E-state index >= 15 is 0 Å². The molecule has 1 rings (SSSR count). The van der Waals surface area contributed by atoms with E-state index in [4.69, 9.17) is 10.6 Å². The number of rotatable bonds is 5. The van der Waals surface area contributed by atoms with Crippen LogP contribution in [0.3, 0.4) is 0 Å². The third-order valence-electron chi connectivity index (χ3n) is 2.54. The van der Waals surface area contributed by atoms with Crippen LogP contribution >= 0.6 is 0 Å². The summed E-state index contributed by atoms with van der Waals surface area (Å²) in [5.74, 6) is 6.22. The van der Waals surface area contributed by atoms with Crippen molar-refractivity contribution in [2.45, 2.75) is 45.3 Å². The zero-order chi connectivity index (χ0) is 9.19. The first-order valence-corrected chi connectivity index (χ1v) is 4.72. The molecule has 0 heterocycles. The lowest BCUT2D eigenvalue weighted by Gasteiger charge is -2.33. The van der Waals surface area contributed by atoms with E-state index in [2.05, 4.69) is 19.3 Å². The van der Waals surface area contributed by atoms with Gasteiger partial charge < -0.3 is 4.74 Å². The molecule has 1 saturated carbocycles. The lowest BCUT2D eigenvalue weighted by Crippen LogP contribution is -2.52. The second-order valence-electron chi connectivity index (χ2n) is 4.02. The lowest BCUT2D eigenvalue weighted by atomic mass is 9.95. The van der Waals surface area contributed by atoms with Crippen molar-refractivity contribution in [3.63, 3.8) is 0 Å². The molecule has 0 saturated heterocycles. The van der Waals surface area contributed by atoms with Crippen LogP contribution in [0.5, 0.6) is 0 Å². The molecule has 0 spiro atoms. The van der Waals surface area contributed by atoms with Gasteiger partial charge in [0, 0.05) is 6.61 Å². The number of hydrazine groups is 1. The van der Waals surface area contributed by atoms with E-state index in [0.29, 0.717) is 6.04 Å². The quantitative estimate of drug-likeness (QED) is 0.481. The summed E-state index contributed by atoms with van der Waals surface area (Å²) in [5.41, 5.74) is 2.73. The predicted octanol–water partition coefficient (Wildman–Crippen LogP) is 1.04. The molecule has 0 aromatic rings. The molecule has 1 fully saturated rings. The van der Waals surface area contributed by atoms with E-state index in [1.54, 1.807) is 0 Å². The smallest absolute Gasteiger partial charge is 0.0794 e. The van der Waals surface area contributed by atoms with Gasteiger partial charge in [-0.2, -0.15) is 0 Å². The van der Waals surface area contributed by atoms with E-state index in [1.807, 2.05) is 6.92 Å². The van der Waals surface area contributed by atoms with Crippen LogP contribution in [0.15, 0.2) is 0 Å². The zero-order valence-electron chi connectivity index (χ0n) is 8.26. The summed E-state index contributed by atoms with van der Waals surface area (Å²) >= 11 is 0. The summed E-state index contributed by atoms with van der Waals surface area (Å²) in [7, 11) is 0. The Balaban J connectivity index is 2.49. The van der Waals surface area contributed by atoms with Crippen molar-refractivity contribution in [1.82, 2.24) is 5.43 Å². The fourth-order valence-electron chi connectivity index (χ4n) is 1.80. The Hall–Kier alpha value is -0.120. The maximum Gasteiger partial charge on any atom is 0.0794 e. The Morgan fingerprint density at radius 1 is 1.58 bits per heavy atom. The van der Waals surface area contributed by atoms with Crippen LogP contribution in [0.4, 0.5) is 0 Å². The minimum absolute atomic E-state index is 0.134. The Morgan fingerprint density at radius 2 is 2.17 bits per heavy atom. The fraction of sp³-hybridized carbons (Fsp3) is 1.00. The number of hydrogen-bond acceptors (Lipinski definition) is 3. The number of nitrogens with one attached hydrogen (secondary N) is 1. The summed E-state index contributed by atoms with van der Waals surface area (Å²) in [6, 6.07) is 0.303. The molecule has 0 amide bonds. The molecular formula is C9H20N2O. The van der Waals surface area contributed by atoms with Gasteiger partial charge in [0.05, 0.1) is 11.6 Å². The molecular weight excluding hydrogens is 152 g/mol. The molecule has 1 aliphatic rings. The van der Waals surface area contributed by atoms with Crippen molar-refractivity contribution < 1.29 is 4.74 Å². The van der Waals surface area contributed by atoms with Crippen molar-refractivity contribution in [2.24, 2.45) is 11.8 Å². The Morgan fingerprint density at radius 3 is 2.50 bits per heavy atom. The van der Waals surface area contributed by atoms with Gasteiger partial charge in [0.15, 0.2) is 0 Å². The van der Waals surface area contributed by atoms with Crippen molar-refractivity contribution in [2.75, 3.05) is 6.61 Å². The maximum absolute atomic E-state index is 5.64. The number of hydrogen-bond donors (Lipinski definition) is 2.